The van der Waals surface area contributed by atoms with Gasteiger partial charge < -0.3 is 5.43 Å². The van der Waals surface area contributed by atoms with Gasteiger partial charge in [0, 0.05) is 18.5 Å². The van der Waals surface area contributed by atoms with Gasteiger partial charge in [0.1, 0.15) is 0 Å². The van der Waals surface area contributed by atoms with E-state index in [4.69, 9.17) is 5.84 Å². The summed E-state index contributed by atoms with van der Waals surface area (Å²) in [6.45, 7) is 1.54. The van der Waals surface area contributed by atoms with E-state index >= 15 is 0 Å². The lowest BCUT2D eigenvalue weighted by Crippen LogP contribution is -2.18. The Hall–Kier alpha value is -1.57. The summed E-state index contributed by atoms with van der Waals surface area (Å²) in [7, 11) is 2.02. The van der Waals surface area contributed by atoms with Gasteiger partial charge in [-0.3, -0.25) is 9.88 Å². The first kappa shape index (κ1) is 11.9. The predicted octanol–water partition coefficient (Wildman–Crippen LogP) is 0.851. The lowest BCUT2D eigenvalue weighted by atomic mass is 10.4. The van der Waals surface area contributed by atoms with Crippen molar-refractivity contribution in [3.63, 3.8) is 0 Å². The number of hydrogen-bond acceptors (Lipinski definition) is 7. The normalized spacial score (nSPS) is 10.8. The minimum absolute atomic E-state index is 0.566. The first-order valence-electron chi connectivity index (χ1n) is 5.11. The molecule has 2 rings (SSSR count). The minimum Gasteiger partial charge on any atom is -0.307 e. The molecule has 0 bridgehead atoms. The van der Waals surface area contributed by atoms with Gasteiger partial charge in [0.05, 0.1) is 29.3 Å². The zero-order valence-electron chi connectivity index (χ0n) is 9.50. The molecule has 0 amide bonds. The number of hydrogen-bond donors (Lipinski definition) is 2. The molecular formula is C10H14N6S. The van der Waals surface area contributed by atoms with Crippen molar-refractivity contribution in [3.05, 3.63) is 34.7 Å². The van der Waals surface area contributed by atoms with Gasteiger partial charge in [-0.05, 0) is 7.05 Å². The zero-order chi connectivity index (χ0) is 12.1. The highest BCUT2D eigenvalue weighted by atomic mass is 32.1. The average molecular weight is 250 g/mol. The standard InChI is InChI=1S/C10H14N6S/c1-16(5-9-6-17-7-14-9)4-8-2-13-10(15-11)3-12-8/h2-3,6-7H,4-5,11H2,1H3,(H,13,15). The van der Waals surface area contributed by atoms with Gasteiger partial charge in [0.15, 0.2) is 5.82 Å². The van der Waals surface area contributed by atoms with Crippen LogP contribution in [0.3, 0.4) is 0 Å². The number of nitrogens with zero attached hydrogens (tertiary/aromatic N) is 4. The van der Waals surface area contributed by atoms with Crippen LogP contribution in [0.5, 0.6) is 0 Å². The number of nitrogens with two attached hydrogens (primary N) is 1. The molecule has 0 atom stereocenters. The summed E-state index contributed by atoms with van der Waals surface area (Å²) < 4.78 is 0. The van der Waals surface area contributed by atoms with Crippen LogP contribution in [0.4, 0.5) is 5.82 Å². The van der Waals surface area contributed by atoms with Crippen LogP contribution in [0.25, 0.3) is 0 Å². The smallest absolute Gasteiger partial charge is 0.158 e. The van der Waals surface area contributed by atoms with E-state index in [1.54, 1.807) is 23.7 Å². The molecule has 0 aliphatic carbocycles. The molecule has 2 heterocycles. The summed E-state index contributed by atoms with van der Waals surface area (Å²) >= 11 is 1.60. The molecule has 0 aliphatic rings. The molecule has 0 aromatic carbocycles. The quantitative estimate of drug-likeness (QED) is 0.605. The van der Waals surface area contributed by atoms with Gasteiger partial charge in [-0.15, -0.1) is 11.3 Å². The monoisotopic (exact) mass is 250 g/mol. The molecule has 3 N–H and O–H groups in total. The van der Waals surface area contributed by atoms with Crippen molar-refractivity contribution in [3.8, 4) is 0 Å². The van der Waals surface area contributed by atoms with Gasteiger partial charge in [0.2, 0.25) is 0 Å². The van der Waals surface area contributed by atoms with Crippen molar-refractivity contribution in [2.75, 3.05) is 12.5 Å². The van der Waals surface area contributed by atoms with Crippen molar-refractivity contribution in [2.24, 2.45) is 5.84 Å². The molecule has 7 heteroatoms. The number of rotatable bonds is 5. The summed E-state index contributed by atoms with van der Waals surface area (Å²) in [6, 6.07) is 0. The van der Waals surface area contributed by atoms with Gasteiger partial charge in [-0.1, -0.05) is 0 Å². The van der Waals surface area contributed by atoms with Crippen LogP contribution < -0.4 is 11.3 Å². The number of aromatic nitrogens is 3. The highest BCUT2D eigenvalue weighted by Gasteiger charge is 2.04. The van der Waals surface area contributed by atoms with Crippen LogP contribution in [0.2, 0.25) is 0 Å². The van der Waals surface area contributed by atoms with Crippen LogP contribution in [0.1, 0.15) is 11.4 Å². The fraction of sp³-hybridized carbons (Fsp3) is 0.300. The van der Waals surface area contributed by atoms with Crippen molar-refractivity contribution < 1.29 is 0 Å². The summed E-state index contributed by atoms with van der Waals surface area (Å²) in [5, 5.41) is 2.05. The van der Waals surface area contributed by atoms with Gasteiger partial charge in [0.25, 0.3) is 0 Å². The summed E-state index contributed by atoms with van der Waals surface area (Å²) in [4.78, 5) is 14.7. The summed E-state index contributed by atoms with van der Waals surface area (Å²) in [5.41, 5.74) is 6.27. The second-order valence-corrected chi connectivity index (χ2v) is 4.41. The third-order valence-electron chi connectivity index (χ3n) is 2.20. The molecule has 0 saturated heterocycles. The van der Waals surface area contributed by atoms with Gasteiger partial charge >= 0.3 is 0 Å². The molecule has 0 aliphatic heterocycles. The maximum absolute atomic E-state index is 5.22. The van der Waals surface area contributed by atoms with Crippen LogP contribution >= 0.6 is 11.3 Å². The molecule has 90 valence electrons. The molecule has 0 spiro atoms. The Morgan fingerprint density at radius 2 is 2.06 bits per heavy atom. The Morgan fingerprint density at radius 3 is 2.65 bits per heavy atom. The number of hydrazine groups is 1. The molecule has 2 aromatic heterocycles. The Bertz CT molecular complexity index is 440. The Morgan fingerprint density at radius 1 is 1.24 bits per heavy atom. The molecule has 6 nitrogen and oxygen atoms in total. The molecule has 0 radical (unpaired) electrons. The van der Waals surface area contributed by atoms with E-state index in [0.29, 0.717) is 5.82 Å². The molecular weight excluding hydrogens is 236 g/mol. The van der Waals surface area contributed by atoms with Crippen molar-refractivity contribution in [1.82, 2.24) is 19.9 Å². The number of nitrogens with one attached hydrogen (secondary N) is 1. The van der Waals surface area contributed by atoms with Crippen LogP contribution in [0, 0.1) is 0 Å². The van der Waals surface area contributed by atoms with E-state index < -0.39 is 0 Å². The summed E-state index contributed by atoms with van der Waals surface area (Å²) in [5.74, 6) is 5.79. The molecule has 0 saturated carbocycles. The Labute approximate surface area is 104 Å². The number of thiazole rings is 1. The average Bonchev–Trinajstić information content (AvgIpc) is 2.82. The van der Waals surface area contributed by atoms with E-state index in [0.717, 1.165) is 24.5 Å². The van der Waals surface area contributed by atoms with E-state index in [2.05, 4.69) is 25.3 Å². The third kappa shape index (κ3) is 3.45. The van der Waals surface area contributed by atoms with Gasteiger partial charge in [-0.2, -0.15) is 0 Å². The number of anilines is 1. The van der Waals surface area contributed by atoms with E-state index in [1.165, 1.54) is 0 Å². The Kier molecular flexibility index (Phi) is 3.97. The molecule has 17 heavy (non-hydrogen) atoms. The van der Waals surface area contributed by atoms with E-state index in [1.807, 2.05) is 17.9 Å². The highest BCUT2D eigenvalue weighted by molar-refractivity contribution is 7.07. The molecule has 0 unspecified atom stereocenters. The summed E-state index contributed by atoms with van der Waals surface area (Å²) in [6.07, 6.45) is 3.33. The van der Waals surface area contributed by atoms with Crippen LogP contribution in [0.15, 0.2) is 23.3 Å². The maximum Gasteiger partial charge on any atom is 0.158 e. The first-order valence-corrected chi connectivity index (χ1v) is 6.05. The van der Waals surface area contributed by atoms with Crippen LogP contribution in [-0.4, -0.2) is 26.9 Å². The Balaban J connectivity index is 1.91. The van der Waals surface area contributed by atoms with Crippen molar-refractivity contribution in [2.45, 2.75) is 13.1 Å². The largest absolute Gasteiger partial charge is 0.307 e. The predicted molar refractivity (Wildman–Crippen MR) is 67.1 cm³/mol. The lowest BCUT2D eigenvalue weighted by Gasteiger charge is -2.14. The fourth-order valence-corrected chi connectivity index (χ4v) is 1.99. The SMILES string of the molecule is CN(Cc1cnc(NN)cn1)Cc1cscn1. The van der Waals surface area contributed by atoms with Crippen molar-refractivity contribution in [1.29, 1.82) is 0 Å². The van der Waals surface area contributed by atoms with E-state index in [9.17, 15) is 0 Å². The van der Waals surface area contributed by atoms with Crippen LogP contribution in [-0.2, 0) is 13.1 Å². The van der Waals surface area contributed by atoms with Crippen molar-refractivity contribution >= 4 is 17.2 Å². The van der Waals surface area contributed by atoms with Gasteiger partial charge in [-0.25, -0.2) is 15.8 Å². The third-order valence-corrected chi connectivity index (χ3v) is 2.84. The first-order chi connectivity index (χ1) is 8.28. The number of nitrogen functional groups attached to an aromatic ring is 1. The zero-order valence-corrected chi connectivity index (χ0v) is 10.3. The second-order valence-electron chi connectivity index (χ2n) is 3.69. The molecule has 2 aromatic rings. The maximum atomic E-state index is 5.22. The fourth-order valence-electron chi connectivity index (χ4n) is 1.44. The topological polar surface area (TPSA) is 80.0 Å². The highest BCUT2D eigenvalue weighted by Crippen LogP contribution is 2.07. The molecule has 0 fully saturated rings. The lowest BCUT2D eigenvalue weighted by molar-refractivity contribution is 0.311. The minimum atomic E-state index is 0.566. The van der Waals surface area contributed by atoms with E-state index in [-0.39, 0.29) is 0 Å². The second kappa shape index (κ2) is 5.67.